The summed E-state index contributed by atoms with van der Waals surface area (Å²) in [5, 5.41) is 0. The van der Waals surface area contributed by atoms with Gasteiger partial charge in [-0.05, 0) is 32.1 Å². The van der Waals surface area contributed by atoms with Gasteiger partial charge in [0, 0.05) is 18.6 Å². The molecule has 0 bridgehead atoms. The maximum atomic E-state index is 12.1. The van der Waals surface area contributed by atoms with E-state index < -0.39 is 10.0 Å². The maximum absolute atomic E-state index is 12.1. The molecule has 0 aromatic carbocycles. The fourth-order valence-corrected chi connectivity index (χ4v) is 4.12. The normalized spacial score (nSPS) is 28.6. The molecule has 0 amide bonds. The highest BCUT2D eigenvalue weighted by Gasteiger charge is 2.31. The van der Waals surface area contributed by atoms with Gasteiger partial charge in [0.2, 0.25) is 10.0 Å². The van der Waals surface area contributed by atoms with Crippen molar-refractivity contribution < 1.29 is 8.42 Å². The molecule has 1 rings (SSSR count). The van der Waals surface area contributed by atoms with Crippen LogP contribution >= 0.6 is 0 Å². The van der Waals surface area contributed by atoms with Crippen LogP contribution in [-0.2, 0) is 10.0 Å². The highest BCUT2D eigenvalue weighted by Crippen LogP contribution is 2.20. The van der Waals surface area contributed by atoms with E-state index >= 15 is 0 Å². The van der Waals surface area contributed by atoms with Crippen molar-refractivity contribution in [2.24, 2.45) is 11.7 Å². The minimum Gasteiger partial charge on any atom is -0.328 e. The van der Waals surface area contributed by atoms with Crippen molar-refractivity contribution in [3.8, 4) is 0 Å². The van der Waals surface area contributed by atoms with E-state index in [0.717, 1.165) is 19.3 Å². The Labute approximate surface area is 99.2 Å². The van der Waals surface area contributed by atoms with Gasteiger partial charge in [-0.2, -0.15) is 4.31 Å². The van der Waals surface area contributed by atoms with E-state index in [0.29, 0.717) is 12.5 Å². The average molecular weight is 248 g/mol. The molecule has 2 unspecified atom stereocenters. The van der Waals surface area contributed by atoms with E-state index in [-0.39, 0.29) is 17.8 Å². The number of sulfonamides is 1. The maximum Gasteiger partial charge on any atom is 0.214 e. The van der Waals surface area contributed by atoms with Crippen molar-refractivity contribution in [3.63, 3.8) is 0 Å². The predicted molar refractivity (Wildman–Crippen MR) is 66.6 cm³/mol. The first-order valence-electron chi connectivity index (χ1n) is 6.08. The van der Waals surface area contributed by atoms with Gasteiger partial charge in [0.25, 0.3) is 0 Å². The molecule has 0 aromatic heterocycles. The lowest BCUT2D eigenvalue weighted by molar-refractivity contribution is 0.247. The Hall–Kier alpha value is -0.130. The zero-order valence-corrected chi connectivity index (χ0v) is 11.3. The molecule has 5 heteroatoms. The van der Waals surface area contributed by atoms with Crippen LogP contribution in [0.3, 0.4) is 0 Å². The molecule has 2 N–H and O–H groups in total. The van der Waals surface area contributed by atoms with Crippen LogP contribution in [0.4, 0.5) is 0 Å². The fraction of sp³-hybridized carbons (Fsp3) is 1.00. The second-order valence-corrected chi connectivity index (χ2v) is 7.28. The summed E-state index contributed by atoms with van der Waals surface area (Å²) in [5.41, 5.74) is 5.83. The summed E-state index contributed by atoms with van der Waals surface area (Å²) in [4.78, 5) is 0. The lowest BCUT2D eigenvalue weighted by atomic mass is 10.0. The van der Waals surface area contributed by atoms with Gasteiger partial charge in [0.05, 0.1) is 5.75 Å². The standard InChI is InChI=1S/C11H24N2O2S/c1-9(2)5-7-16(14,15)13-6-4-11(12)8-10(13)3/h9-11H,4-8,12H2,1-3H3. The summed E-state index contributed by atoms with van der Waals surface area (Å²) in [6.45, 7) is 6.63. The molecule has 1 aliphatic rings. The van der Waals surface area contributed by atoms with E-state index in [1.165, 1.54) is 0 Å². The first-order valence-corrected chi connectivity index (χ1v) is 7.69. The first-order chi connectivity index (χ1) is 7.33. The number of piperidine rings is 1. The molecule has 0 aromatic rings. The van der Waals surface area contributed by atoms with Crippen LogP contribution in [0.5, 0.6) is 0 Å². The summed E-state index contributed by atoms with van der Waals surface area (Å²) < 4.78 is 25.8. The largest absolute Gasteiger partial charge is 0.328 e. The number of nitrogens with two attached hydrogens (primary N) is 1. The molecule has 96 valence electrons. The molecule has 2 atom stereocenters. The topological polar surface area (TPSA) is 63.4 Å². The van der Waals surface area contributed by atoms with Crippen LogP contribution in [0, 0.1) is 5.92 Å². The number of nitrogens with zero attached hydrogens (tertiary/aromatic N) is 1. The highest BCUT2D eigenvalue weighted by atomic mass is 32.2. The lowest BCUT2D eigenvalue weighted by Crippen LogP contribution is -2.49. The van der Waals surface area contributed by atoms with E-state index in [9.17, 15) is 8.42 Å². The van der Waals surface area contributed by atoms with Crippen LogP contribution in [0.15, 0.2) is 0 Å². The van der Waals surface area contributed by atoms with Crippen LogP contribution in [0.1, 0.15) is 40.0 Å². The summed E-state index contributed by atoms with van der Waals surface area (Å²) >= 11 is 0. The zero-order valence-electron chi connectivity index (χ0n) is 10.5. The summed E-state index contributed by atoms with van der Waals surface area (Å²) in [7, 11) is -3.07. The summed E-state index contributed by atoms with van der Waals surface area (Å²) in [5.74, 6) is 0.696. The van der Waals surface area contributed by atoms with Crippen LogP contribution in [0.2, 0.25) is 0 Å². The highest BCUT2D eigenvalue weighted by molar-refractivity contribution is 7.89. The molecule has 4 nitrogen and oxygen atoms in total. The molecule has 0 saturated carbocycles. The summed E-state index contributed by atoms with van der Waals surface area (Å²) in [6, 6.07) is 0.215. The van der Waals surface area contributed by atoms with Crippen molar-refractivity contribution in [1.82, 2.24) is 4.31 Å². The van der Waals surface area contributed by atoms with Crippen molar-refractivity contribution in [2.45, 2.75) is 52.1 Å². The quantitative estimate of drug-likeness (QED) is 0.812. The molecular weight excluding hydrogens is 224 g/mol. The van der Waals surface area contributed by atoms with Crippen LogP contribution in [0.25, 0.3) is 0 Å². The van der Waals surface area contributed by atoms with Gasteiger partial charge in [0.15, 0.2) is 0 Å². The van der Waals surface area contributed by atoms with E-state index in [1.54, 1.807) is 4.31 Å². The Kier molecular flexibility index (Phi) is 4.76. The van der Waals surface area contributed by atoms with E-state index in [4.69, 9.17) is 5.73 Å². The molecule has 1 heterocycles. The Morgan fingerprint density at radius 3 is 2.56 bits per heavy atom. The van der Waals surface area contributed by atoms with Gasteiger partial charge >= 0.3 is 0 Å². The molecule has 0 spiro atoms. The fourth-order valence-electron chi connectivity index (χ4n) is 2.10. The minimum absolute atomic E-state index is 0.0564. The zero-order chi connectivity index (χ0) is 12.3. The first kappa shape index (κ1) is 13.9. The Morgan fingerprint density at radius 1 is 1.44 bits per heavy atom. The van der Waals surface area contributed by atoms with Crippen molar-refractivity contribution in [2.75, 3.05) is 12.3 Å². The van der Waals surface area contributed by atoms with Gasteiger partial charge in [-0.25, -0.2) is 8.42 Å². The smallest absolute Gasteiger partial charge is 0.214 e. The molecule has 0 aliphatic carbocycles. The summed E-state index contributed by atoms with van der Waals surface area (Å²) in [6.07, 6.45) is 2.30. The SMILES string of the molecule is CC(C)CCS(=O)(=O)N1CCC(N)CC1C. The van der Waals surface area contributed by atoms with E-state index in [2.05, 4.69) is 0 Å². The third-order valence-electron chi connectivity index (χ3n) is 3.17. The van der Waals surface area contributed by atoms with Crippen LogP contribution in [-0.4, -0.2) is 37.1 Å². The van der Waals surface area contributed by atoms with Gasteiger partial charge in [0.1, 0.15) is 0 Å². The third kappa shape index (κ3) is 3.71. The molecule has 16 heavy (non-hydrogen) atoms. The number of hydrogen-bond acceptors (Lipinski definition) is 3. The minimum atomic E-state index is -3.07. The molecule has 1 aliphatic heterocycles. The Bertz CT molecular complexity index is 314. The molecule has 1 saturated heterocycles. The monoisotopic (exact) mass is 248 g/mol. The number of hydrogen-bond donors (Lipinski definition) is 1. The van der Waals surface area contributed by atoms with Gasteiger partial charge < -0.3 is 5.73 Å². The Balaban J connectivity index is 2.61. The molecule has 0 radical (unpaired) electrons. The molecular formula is C11H24N2O2S. The van der Waals surface area contributed by atoms with Gasteiger partial charge in [-0.1, -0.05) is 13.8 Å². The second kappa shape index (κ2) is 5.47. The Morgan fingerprint density at radius 2 is 2.06 bits per heavy atom. The predicted octanol–water partition coefficient (Wildman–Crippen LogP) is 1.17. The second-order valence-electron chi connectivity index (χ2n) is 5.24. The third-order valence-corrected chi connectivity index (χ3v) is 5.17. The van der Waals surface area contributed by atoms with Crippen molar-refractivity contribution in [3.05, 3.63) is 0 Å². The van der Waals surface area contributed by atoms with Gasteiger partial charge in [-0.3, -0.25) is 0 Å². The van der Waals surface area contributed by atoms with Crippen molar-refractivity contribution >= 4 is 10.0 Å². The van der Waals surface area contributed by atoms with Crippen LogP contribution < -0.4 is 5.73 Å². The number of rotatable bonds is 4. The average Bonchev–Trinajstić information content (AvgIpc) is 2.14. The molecule has 1 fully saturated rings. The van der Waals surface area contributed by atoms with Gasteiger partial charge in [-0.15, -0.1) is 0 Å². The van der Waals surface area contributed by atoms with Crippen molar-refractivity contribution in [1.29, 1.82) is 0 Å². The van der Waals surface area contributed by atoms with E-state index in [1.807, 2.05) is 20.8 Å². The lowest BCUT2D eigenvalue weighted by Gasteiger charge is -2.35.